The first-order valence-electron chi connectivity index (χ1n) is 11.9. The first-order valence-corrected chi connectivity index (χ1v) is 14.2. The van der Waals surface area contributed by atoms with Gasteiger partial charge in [0.15, 0.2) is 0 Å². The normalized spacial score (nSPS) is 23.0. The zero-order valence-electron chi connectivity index (χ0n) is 20.3. The average molecular weight is 556 g/mol. The van der Waals surface area contributed by atoms with Crippen LogP contribution in [0, 0.1) is 11.3 Å². The Morgan fingerprint density at radius 2 is 2.11 bits per heavy atom. The molecule has 0 unspecified atom stereocenters. The second kappa shape index (κ2) is 10.9. The molecule has 0 spiro atoms. The van der Waals surface area contributed by atoms with E-state index in [1.165, 1.54) is 19.6 Å². The van der Waals surface area contributed by atoms with E-state index in [4.69, 9.17) is 8.92 Å². The largest absolute Gasteiger partial charge is 0.390 e. The van der Waals surface area contributed by atoms with Crippen molar-refractivity contribution in [3.8, 4) is 6.07 Å². The predicted molar refractivity (Wildman–Crippen MR) is 138 cm³/mol. The average Bonchev–Trinajstić information content (AvgIpc) is 3.51. The van der Waals surface area contributed by atoms with Crippen molar-refractivity contribution < 1.29 is 27.2 Å². The van der Waals surface area contributed by atoms with E-state index in [1.807, 2.05) is 24.3 Å². The molecule has 0 amide bonds. The molecule has 11 nitrogen and oxygen atoms in total. The molecular weight excluding hydrogens is 530 g/mol. The summed E-state index contributed by atoms with van der Waals surface area (Å²) >= 11 is 1.08. The number of fused-ring (bicyclic) bond motifs is 1. The quantitative estimate of drug-likeness (QED) is 0.351. The number of ether oxygens (including phenoxy) is 1. The van der Waals surface area contributed by atoms with Crippen LogP contribution in [-0.4, -0.2) is 61.2 Å². The van der Waals surface area contributed by atoms with Gasteiger partial charge in [0.25, 0.3) is 0 Å². The van der Waals surface area contributed by atoms with Gasteiger partial charge in [0.05, 0.1) is 23.2 Å². The number of nitrogens with zero attached hydrogens (tertiary/aromatic N) is 3. The van der Waals surface area contributed by atoms with Gasteiger partial charge in [-0.1, -0.05) is 24.3 Å². The molecule has 1 saturated carbocycles. The molecule has 5 rings (SSSR count). The number of ketones is 1. The second-order valence-electron chi connectivity index (χ2n) is 8.99. The molecule has 13 heteroatoms. The van der Waals surface area contributed by atoms with Gasteiger partial charge in [-0.3, -0.25) is 8.98 Å². The molecule has 198 valence electrons. The molecule has 1 aliphatic heterocycles. The van der Waals surface area contributed by atoms with Crippen molar-refractivity contribution >= 4 is 33.2 Å². The molecule has 1 fully saturated rings. The fourth-order valence-electron chi connectivity index (χ4n) is 4.80. The maximum Gasteiger partial charge on any atom is 0.335 e. The molecule has 0 radical (unpaired) electrons. The van der Waals surface area contributed by atoms with Crippen LogP contribution in [0.1, 0.15) is 55.7 Å². The van der Waals surface area contributed by atoms with E-state index < -0.39 is 34.7 Å². The van der Waals surface area contributed by atoms with Crippen molar-refractivity contribution in [2.45, 2.75) is 43.6 Å². The number of benzene rings is 1. The molecule has 4 atom stereocenters. The topological polar surface area (TPSA) is 164 Å². The number of anilines is 1. The van der Waals surface area contributed by atoms with Gasteiger partial charge >= 0.3 is 10.3 Å². The number of hydrogen-bond donors (Lipinski definition) is 3. The number of thiophene rings is 1. The number of aliphatic hydroxyl groups is 1. The second-order valence-corrected chi connectivity index (χ2v) is 11.6. The smallest absolute Gasteiger partial charge is 0.335 e. The summed E-state index contributed by atoms with van der Waals surface area (Å²) in [7, 11) is -2.75. The van der Waals surface area contributed by atoms with Crippen molar-refractivity contribution in [1.82, 2.24) is 14.7 Å². The van der Waals surface area contributed by atoms with Gasteiger partial charge in [0.1, 0.15) is 35.3 Å². The van der Waals surface area contributed by atoms with Gasteiger partial charge in [-0.15, -0.1) is 11.3 Å². The molecule has 0 bridgehead atoms. The van der Waals surface area contributed by atoms with Crippen molar-refractivity contribution in [3.05, 3.63) is 74.9 Å². The third-order valence-electron chi connectivity index (χ3n) is 6.63. The monoisotopic (exact) mass is 555 g/mol. The van der Waals surface area contributed by atoms with Crippen LogP contribution in [-0.2, 0) is 25.6 Å². The van der Waals surface area contributed by atoms with Gasteiger partial charge in [0.2, 0.25) is 5.78 Å². The highest BCUT2D eigenvalue weighted by atomic mass is 32.2. The maximum absolute atomic E-state index is 13.6. The number of carbonyl (C=O) groups excluding carboxylic acids is 1. The van der Waals surface area contributed by atoms with E-state index >= 15 is 0 Å². The fourth-order valence-corrected chi connectivity index (χ4v) is 6.36. The molecule has 38 heavy (non-hydrogen) atoms. The van der Waals surface area contributed by atoms with E-state index in [0.29, 0.717) is 21.9 Å². The van der Waals surface area contributed by atoms with Crippen LogP contribution in [0.3, 0.4) is 0 Å². The number of aliphatic hydroxyl groups excluding tert-OH is 1. The van der Waals surface area contributed by atoms with Crippen molar-refractivity contribution in [1.29, 1.82) is 5.26 Å². The van der Waals surface area contributed by atoms with Crippen LogP contribution in [0.4, 0.5) is 5.82 Å². The molecule has 3 aromatic rings. The summed E-state index contributed by atoms with van der Waals surface area (Å²) in [6.45, 7) is 0.514. The summed E-state index contributed by atoms with van der Waals surface area (Å²) in [4.78, 5) is 22.5. The third-order valence-corrected chi connectivity index (χ3v) is 8.69. The van der Waals surface area contributed by atoms with Crippen LogP contribution in [0.15, 0.2) is 42.9 Å². The minimum absolute atomic E-state index is 0.180. The molecule has 0 saturated heterocycles. The molecule has 3 N–H and O–H groups in total. The SMILES string of the molecule is CNS(=O)(=O)O[C@@H]1C[C@H](Nc2ncncc2C(=O)c2cc([C@H]3OCCc4ccccc43)c(C#N)s2)C[C@@H]1O. The zero-order valence-corrected chi connectivity index (χ0v) is 22.0. The number of carbonyl (C=O) groups is 1. The fraction of sp³-hybridized carbons (Fsp3) is 0.360. The number of aromatic nitrogens is 2. The van der Waals surface area contributed by atoms with Crippen LogP contribution in [0.5, 0.6) is 0 Å². The summed E-state index contributed by atoms with van der Waals surface area (Å²) in [6, 6.07) is 11.4. The molecule has 2 aliphatic rings. The molecular formula is C25H25N5O6S2. The van der Waals surface area contributed by atoms with E-state index in [2.05, 4.69) is 26.1 Å². The van der Waals surface area contributed by atoms with Gasteiger partial charge in [-0.2, -0.15) is 18.4 Å². The Balaban J connectivity index is 1.39. The minimum atomic E-state index is -3.97. The van der Waals surface area contributed by atoms with E-state index in [-0.39, 0.29) is 30.0 Å². The standard InChI is InChI=1S/C25H25N5O6S2/c1-27-38(33,34)36-20-9-15(8-19(20)31)30-25-18(12-28-13-29-25)23(32)21-10-17(22(11-26)37-21)24-16-5-3-2-4-14(16)6-7-35-24/h2-5,10,12-13,15,19-20,24,27,31H,6-9H2,1H3,(H,28,29,30)/t15-,19+,20-,24+/m1/s1. The lowest BCUT2D eigenvalue weighted by Crippen LogP contribution is -2.31. The molecule has 3 heterocycles. The van der Waals surface area contributed by atoms with Crippen LogP contribution < -0.4 is 10.0 Å². The van der Waals surface area contributed by atoms with Crippen molar-refractivity contribution in [2.75, 3.05) is 19.0 Å². The minimum Gasteiger partial charge on any atom is -0.390 e. The Bertz CT molecular complexity index is 1500. The lowest BCUT2D eigenvalue weighted by molar-refractivity contribution is 0.0636. The number of hydrogen-bond acceptors (Lipinski definition) is 11. The Hall–Kier alpha value is -3.25. The van der Waals surface area contributed by atoms with E-state index in [1.54, 1.807) is 6.07 Å². The highest BCUT2D eigenvalue weighted by molar-refractivity contribution is 7.84. The van der Waals surface area contributed by atoms with Gasteiger partial charge in [0, 0.05) is 24.8 Å². The van der Waals surface area contributed by atoms with Gasteiger partial charge in [-0.05, 0) is 36.5 Å². The summed E-state index contributed by atoms with van der Waals surface area (Å²) in [6.07, 6.45) is 1.43. The summed E-state index contributed by atoms with van der Waals surface area (Å²) < 4.78 is 36.6. The maximum atomic E-state index is 13.6. The summed E-state index contributed by atoms with van der Waals surface area (Å²) in [5, 5.41) is 23.3. The summed E-state index contributed by atoms with van der Waals surface area (Å²) in [5.41, 5.74) is 2.97. The Morgan fingerprint density at radius 3 is 2.89 bits per heavy atom. The predicted octanol–water partition coefficient (Wildman–Crippen LogP) is 2.09. The van der Waals surface area contributed by atoms with E-state index in [9.17, 15) is 23.6 Å². The zero-order chi connectivity index (χ0) is 26.9. The first kappa shape index (κ1) is 26.4. The first-order chi connectivity index (χ1) is 18.3. The number of rotatable bonds is 8. The van der Waals surface area contributed by atoms with Crippen molar-refractivity contribution in [2.24, 2.45) is 0 Å². The Labute approximate surface area is 223 Å². The third kappa shape index (κ3) is 5.32. The lowest BCUT2D eigenvalue weighted by Gasteiger charge is -2.25. The van der Waals surface area contributed by atoms with Crippen LogP contribution in [0.25, 0.3) is 0 Å². The van der Waals surface area contributed by atoms with Crippen LogP contribution in [0.2, 0.25) is 0 Å². The lowest BCUT2D eigenvalue weighted by atomic mass is 9.93. The Kier molecular flexibility index (Phi) is 7.53. The van der Waals surface area contributed by atoms with Crippen molar-refractivity contribution in [3.63, 3.8) is 0 Å². The van der Waals surface area contributed by atoms with E-state index in [0.717, 1.165) is 28.9 Å². The number of nitriles is 1. The molecule has 2 aromatic heterocycles. The summed E-state index contributed by atoms with van der Waals surface area (Å²) in [5.74, 6) is -0.124. The molecule has 1 aromatic carbocycles. The highest BCUT2D eigenvalue weighted by Gasteiger charge is 2.37. The highest BCUT2D eigenvalue weighted by Crippen LogP contribution is 2.38. The Morgan fingerprint density at radius 1 is 1.29 bits per heavy atom. The number of nitrogens with one attached hydrogen (secondary N) is 2. The molecule has 1 aliphatic carbocycles. The van der Waals surface area contributed by atoms with Crippen LogP contribution >= 0.6 is 11.3 Å². The van der Waals surface area contributed by atoms with Gasteiger partial charge < -0.3 is 15.2 Å². The van der Waals surface area contributed by atoms with Gasteiger partial charge in [-0.25, -0.2) is 9.97 Å².